The highest BCUT2D eigenvalue weighted by atomic mass is 32.1. The van der Waals surface area contributed by atoms with E-state index < -0.39 is 0 Å². The summed E-state index contributed by atoms with van der Waals surface area (Å²) in [6.07, 6.45) is 5.19. The molecule has 1 atom stereocenters. The average Bonchev–Trinajstić information content (AvgIpc) is 3.13. The molecule has 0 bridgehead atoms. The summed E-state index contributed by atoms with van der Waals surface area (Å²) in [6, 6.07) is 6.77. The number of rotatable bonds is 2. The molecule has 3 heterocycles. The third kappa shape index (κ3) is 2.46. The van der Waals surface area contributed by atoms with Crippen molar-refractivity contribution in [2.45, 2.75) is 25.3 Å². The van der Waals surface area contributed by atoms with E-state index in [-0.39, 0.29) is 0 Å². The molecule has 0 amide bonds. The van der Waals surface area contributed by atoms with Crippen LogP contribution in [0.25, 0.3) is 0 Å². The highest BCUT2D eigenvalue weighted by Crippen LogP contribution is 2.40. The van der Waals surface area contributed by atoms with Crippen LogP contribution in [0.2, 0.25) is 0 Å². The molecule has 110 valence electrons. The van der Waals surface area contributed by atoms with E-state index in [4.69, 9.17) is 9.47 Å². The van der Waals surface area contributed by atoms with Crippen molar-refractivity contribution >= 4 is 16.5 Å². The van der Waals surface area contributed by atoms with E-state index in [9.17, 15) is 0 Å². The number of benzene rings is 1. The Balaban J connectivity index is 1.65. The van der Waals surface area contributed by atoms with Crippen LogP contribution in [0.3, 0.4) is 0 Å². The zero-order chi connectivity index (χ0) is 14.1. The molecule has 0 radical (unpaired) electrons. The van der Waals surface area contributed by atoms with E-state index >= 15 is 0 Å². The second-order valence-electron chi connectivity index (χ2n) is 5.42. The largest absolute Gasteiger partial charge is 0.490 e. The molecule has 0 saturated carbocycles. The van der Waals surface area contributed by atoms with Crippen molar-refractivity contribution in [2.75, 3.05) is 24.7 Å². The topological polar surface area (TPSA) is 34.6 Å². The first kappa shape index (κ1) is 13.0. The molecule has 1 aromatic carbocycles. The summed E-state index contributed by atoms with van der Waals surface area (Å²) < 4.78 is 11.5. The maximum atomic E-state index is 5.82. The van der Waals surface area contributed by atoms with Crippen LogP contribution in [-0.4, -0.2) is 24.7 Å². The molecule has 4 nitrogen and oxygen atoms in total. The van der Waals surface area contributed by atoms with Gasteiger partial charge in [0.25, 0.3) is 0 Å². The maximum absolute atomic E-state index is 5.82. The summed E-state index contributed by atoms with van der Waals surface area (Å²) in [5.41, 5.74) is 1.30. The summed E-state index contributed by atoms with van der Waals surface area (Å²) in [5, 5.41) is 3.16. The first-order chi connectivity index (χ1) is 10.4. The van der Waals surface area contributed by atoms with Gasteiger partial charge in [0.05, 0.1) is 19.3 Å². The Morgan fingerprint density at radius 1 is 1.14 bits per heavy atom. The van der Waals surface area contributed by atoms with E-state index in [2.05, 4.69) is 22.0 Å². The SMILES string of the molecule is c1csc(N2CCCC2c2ccc3c(c2)OCCCO3)n1. The lowest BCUT2D eigenvalue weighted by Crippen LogP contribution is -2.22. The second kappa shape index (κ2) is 5.56. The normalized spacial score (nSPS) is 21.3. The van der Waals surface area contributed by atoms with Gasteiger partial charge in [-0.3, -0.25) is 0 Å². The second-order valence-corrected chi connectivity index (χ2v) is 6.30. The van der Waals surface area contributed by atoms with Crippen molar-refractivity contribution in [3.63, 3.8) is 0 Å². The van der Waals surface area contributed by atoms with Gasteiger partial charge in [-0.25, -0.2) is 4.98 Å². The monoisotopic (exact) mass is 302 g/mol. The number of ether oxygens (including phenoxy) is 2. The number of aromatic nitrogens is 1. The summed E-state index contributed by atoms with van der Waals surface area (Å²) in [6.45, 7) is 2.55. The van der Waals surface area contributed by atoms with Gasteiger partial charge in [0, 0.05) is 24.5 Å². The van der Waals surface area contributed by atoms with Crippen molar-refractivity contribution in [3.8, 4) is 11.5 Å². The van der Waals surface area contributed by atoms with Gasteiger partial charge in [-0.05, 0) is 30.5 Å². The fraction of sp³-hybridized carbons (Fsp3) is 0.438. The summed E-state index contributed by atoms with van der Waals surface area (Å²) in [5.74, 6) is 1.76. The first-order valence-electron chi connectivity index (χ1n) is 7.47. The van der Waals surface area contributed by atoms with Crippen molar-refractivity contribution in [2.24, 2.45) is 0 Å². The Morgan fingerprint density at radius 3 is 2.90 bits per heavy atom. The van der Waals surface area contributed by atoms with Gasteiger partial charge in [-0.2, -0.15) is 0 Å². The molecule has 21 heavy (non-hydrogen) atoms. The van der Waals surface area contributed by atoms with Gasteiger partial charge in [-0.15, -0.1) is 11.3 Å². The van der Waals surface area contributed by atoms with E-state index in [1.54, 1.807) is 11.3 Å². The van der Waals surface area contributed by atoms with Gasteiger partial charge in [0.1, 0.15) is 0 Å². The molecule has 2 aromatic rings. The van der Waals surface area contributed by atoms with Crippen LogP contribution in [0.1, 0.15) is 30.9 Å². The summed E-state index contributed by atoms with van der Waals surface area (Å²) in [7, 11) is 0. The fourth-order valence-corrected chi connectivity index (χ4v) is 3.81. The average molecular weight is 302 g/mol. The number of anilines is 1. The minimum atomic E-state index is 0.397. The molecular weight excluding hydrogens is 284 g/mol. The molecule has 0 spiro atoms. The lowest BCUT2D eigenvalue weighted by molar-refractivity contribution is 0.297. The molecule has 0 N–H and O–H groups in total. The minimum Gasteiger partial charge on any atom is -0.490 e. The van der Waals surface area contributed by atoms with Crippen molar-refractivity contribution in [3.05, 3.63) is 35.3 Å². The van der Waals surface area contributed by atoms with E-state index in [1.807, 2.05) is 17.6 Å². The Bertz CT molecular complexity index is 615. The van der Waals surface area contributed by atoms with Crippen molar-refractivity contribution in [1.82, 2.24) is 4.98 Å². The van der Waals surface area contributed by atoms with Gasteiger partial charge < -0.3 is 14.4 Å². The number of fused-ring (bicyclic) bond motifs is 1. The zero-order valence-corrected chi connectivity index (χ0v) is 12.6. The zero-order valence-electron chi connectivity index (χ0n) is 11.8. The summed E-state index contributed by atoms with van der Waals surface area (Å²) >= 11 is 1.71. The number of thiazole rings is 1. The lowest BCUT2D eigenvalue weighted by Gasteiger charge is -2.25. The Hall–Kier alpha value is -1.75. The fourth-order valence-electron chi connectivity index (χ4n) is 3.09. The third-order valence-corrected chi connectivity index (χ3v) is 4.88. The van der Waals surface area contributed by atoms with E-state index in [0.29, 0.717) is 6.04 Å². The van der Waals surface area contributed by atoms with Gasteiger partial charge in [0.2, 0.25) is 0 Å². The molecule has 5 heteroatoms. The van der Waals surface area contributed by atoms with Crippen LogP contribution >= 0.6 is 11.3 Å². The number of nitrogens with zero attached hydrogens (tertiary/aromatic N) is 2. The van der Waals surface area contributed by atoms with Crippen molar-refractivity contribution in [1.29, 1.82) is 0 Å². The third-order valence-electron chi connectivity index (χ3n) is 4.07. The number of hydrogen-bond donors (Lipinski definition) is 0. The predicted molar refractivity (Wildman–Crippen MR) is 83.5 cm³/mol. The quantitative estimate of drug-likeness (QED) is 0.848. The molecule has 0 aliphatic carbocycles. The molecule has 1 aromatic heterocycles. The Morgan fingerprint density at radius 2 is 2.05 bits per heavy atom. The van der Waals surface area contributed by atoms with E-state index in [0.717, 1.165) is 42.8 Å². The molecule has 1 fully saturated rings. The van der Waals surface area contributed by atoms with Gasteiger partial charge in [0.15, 0.2) is 16.6 Å². The Labute approximate surface area is 128 Å². The molecular formula is C16H18N2O2S. The van der Waals surface area contributed by atoms with Crippen LogP contribution in [0.5, 0.6) is 11.5 Å². The maximum Gasteiger partial charge on any atom is 0.185 e. The van der Waals surface area contributed by atoms with Gasteiger partial charge >= 0.3 is 0 Å². The number of hydrogen-bond acceptors (Lipinski definition) is 5. The smallest absolute Gasteiger partial charge is 0.185 e. The molecule has 2 aliphatic rings. The lowest BCUT2D eigenvalue weighted by atomic mass is 10.0. The van der Waals surface area contributed by atoms with Crippen LogP contribution < -0.4 is 14.4 Å². The van der Waals surface area contributed by atoms with E-state index in [1.165, 1.54) is 18.4 Å². The summed E-state index contributed by atoms with van der Waals surface area (Å²) in [4.78, 5) is 6.87. The standard InChI is InChI=1S/C16H18N2O2S/c1-3-13(18(7-1)16-17-6-10-21-16)12-4-5-14-15(11-12)20-9-2-8-19-14/h4-6,10-11,13H,1-3,7-9H2. The van der Waals surface area contributed by atoms with Crippen LogP contribution in [0.4, 0.5) is 5.13 Å². The highest BCUT2D eigenvalue weighted by molar-refractivity contribution is 7.13. The molecule has 1 saturated heterocycles. The molecule has 1 unspecified atom stereocenters. The predicted octanol–water partition coefficient (Wildman–Crippen LogP) is 3.65. The first-order valence-corrected chi connectivity index (χ1v) is 8.35. The molecule has 4 rings (SSSR count). The van der Waals surface area contributed by atoms with Crippen LogP contribution in [0.15, 0.2) is 29.8 Å². The minimum absolute atomic E-state index is 0.397. The van der Waals surface area contributed by atoms with Crippen molar-refractivity contribution < 1.29 is 9.47 Å². The van der Waals surface area contributed by atoms with Gasteiger partial charge in [-0.1, -0.05) is 6.07 Å². The Kier molecular flexibility index (Phi) is 3.43. The van der Waals surface area contributed by atoms with Crippen LogP contribution in [-0.2, 0) is 0 Å². The highest BCUT2D eigenvalue weighted by Gasteiger charge is 2.28. The molecule has 2 aliphatic heterocycles. The van der Waals surface area contributed by atoms with Crippen LogP contribution in [0, 0.1) is 0 Å².